The number of aryl methyl sites for hydroxylation is 1. The number of carbonyl (C=O) groups excluding carboxylic acids is 2. The van der Waals surface area contributed by atoms with Crippen LogP contribution in [0.5, 0.6) is 5.75 Å². The van der Waals surface area contributed by atoms with Gasteiger partial charge in [0, 0.05) is 12.0 Å². The number of hydrogen-bond acceptors (Lipinski definition) is 3. The highest BCUT2D eigenvalue weighted by Gasteiger charge is 2.51. The van der Waals surface area contributed by atoms with E-state index in [9.17, 15) is 9.59 Å². The lowest BCUT2D eigenvalue weighted by Gasteiger charge is -2.25. The van der Waals surface area contributed by atoms with E-state index in [4.69, 9.17) is 16.3 Å². The van der Waals surface area contributed by atoms with Gasteiger partial charge in [-0.05, 0) is 30.2 Å². The second-order valence-electron chi connectivity index (χ2n) is 5.19. The third kappa shape index (κ3) is 2.14. The summed E-state index contributed by atoms with van der Waals surface area (Å²) in [6, 6.07) is 14.7. The highest BCUT2D eigenvalue weighted by Crippen LogP contribution is 2.47. The topological polar surface area (TPSA) is 43.4 Å². The molecule has 106 valence electrons. The molecule has 0 spiro atoms. The first-order chi connectivity index (χ1) is 10.0. The van der Waals surface area contributed by atoms with Gasteiger partial charge in [0.15, 0.2) is 0 Å². The Labute approximate surface area is 127 Å². The fraction of sp³-hybridized carbons (Fsp3) is 0.176. The third-order valence-corrected chi connectivity index (χ3v) is 3.95. The summed E-state index contributed by atoms with van der Waals surface area (Å²) in [5.74, 6) is 0.0377. The van der Waals surface area contributed by atoms with Gasteiger partial charge < -0.3 is 4.74 Å². The predicted octanol–water partition coefficient (Wildman–Crippen LogP) is 3.36. The molecule has 0 saturated carbocycles. The Hall–Kier alpha value is -2.13. The smallest absolute Gasteiger partial charge is 0.327 e. The monoisotopic (exact) mass is 300 g/mol. The summed E-state index contributed by atoms with van der Waals surface area (Å²) in [6.07, 6.45) is -0.117. The van der Waals surface area contributed by atoms with Crippen LogP contribution in [-0.2, 0) is 15.0 Å². The second kappa shape index (κ2) is 5.01. The first-order valence-corrected chi connectivity index (χ1v) is 6.99. The Kier molecular flexibility index (Phi) is 3.30. The van der Waals surface area contributed by atoms with E-state index in [2.05, 4.69) is 0 Å². The van der Waals surface area contributed by atoms with Gasteiger partial charge in [-0.25, -0.2) is 0 Å². The summed E-state index contributed by atoms with van der Waals surface area (Å²) in [4.78, 5) is 24.1. The lowest BCUT2D eigenvalue weighted by Crippen LogP contribution is -2.36. The molecule has 21 heavy (non-hydrogen) atoms. The van der Waals surface area contributed by atoms with Gasteiger partial charge >= 0.3 is 5.97 Å². The number of esters is 1. The largest absolute Gasteiger partial charge is 0.425 e. The van der Waals surface area contributed by atoms with E-state index in [0.717, 1.165) is 5.56 Å². The molecule has 0 aliphatic carbocycles. The molecule has 1 atom stereocenters. The summed E-state index contributed by atoms with van der Waals surface area (Å²) in [6.45, 7) is 1.93. The third-order valence-electron chi connectivity index (χ3n) is 3.82. The minimum absolute atomic E-state index is 0.117. The molecule has 0 N–H and O–H groups in total. The van der Waals surface area contributed by atoms with E-state index >= 15 is 0 Å². The molecular formula is C17H13ClO3. The molecule has 0 bridgehead atoms. The highest BCUT2D eigenvalue weighted by atomic mass is 35.5. The van der Waals surface area contributed by atoms with Crippen LogP contribution in [0, 0.1) is 6.92 Å². The van der Waals surface area contributed by atoms with Crippen LogP contribution in [0.4, 0.5) is 0 Å². The minimum atomic E-state index is -1.15. The van der Waals surface area contributed by atoms with Crippen LogP contribution in [-0.4, -0.2) is 11.2 Å². The Morgan fingerprint density at radius 2 is 1.90 bits per heavy atom. The average molecular weight is 301 g/mol. The second-order valence-corrected chi connectivity index (χ2v) is 5.61. The quantitative estimate of drug-likeness (QED) is 0.496. The number of benzene rings is 2. The van der Waals surface area contributed by atoms with E-state index in [1.54, 1.807) is 6.07 Å². The molecule has 3 nitrogen and oxygen atoms in total. The maximum atomic E-state index is 12.6. The van der Waals surface area contributed by atoms with E-state index in [1.807, 2.05) is 49.4 Å². The van der Waals surface area contributed by atoms with Crippen LogP contribution in [0.25, 0.3) is 0 Å². The van der Waals surface area contributed by atoms with E-state index < -0.39 is 16.6 Å². The zero-order valence-corrected chi connectivity index (χ0v) is 12.2. The van der Waals surface area contributed by atoms with E-state index in [1.165, 1.54) is 0 Å². The SMILES string of the molecule is Cc1ccc2c(c1)C(CC(=O)Cl)(c1ccccc1)C(=O)O2. The summed E-state index contributed by atoms with van der Waals surface area (Å²) >= 11 is 5.62. The molecule has 0 fully saturated rings. The number of halogens is 1. The Balaban J connectivity index is 2.29. The standard InChI is InChI=1S/C17H13ClO3/c1-11-7-8-14-13(9-11)17(10-15(18)19,16(20)21-14)12-5-3-2-4-6-12/h2-9H,10H2,1H3. The van der Waals surface area contributed by atoms with Crippen molar-refractivity contribution in [3.63, 3.8) is 0 Å². The molecule has 1 unspecified atom stereocenters. The Morgan fingerprint density at radius 1 is 1.19 bits per heavy atom. The zero-order chi connectivity index (χ0) is 15.0. The predicted molar refractivity (Wildman–Crippen MR) is 79.5 cm³/mol. The first-order valence-electron chi connectivity index (χ1n) is 6.61. The molecule has 0 saturated heterocycles. The van der Waals surface area contributed by atoms with Gasteiger partial charge in [0.25, 0.3) is 0 Å². The van der Waals surface area contributed by atoms with Gasteiger partial charge in [-0.3, -0.25) is 9.59 Å². The molecule has 0 amide bonds. The molecule has 3 rings (SSSR count). The average Bonchev–Trinajstić information content (AvgIpc) is 2.73. The number of rotatable bonds is 3. The lowest BCUT2D eigenvalue weighted by molar-refractivity contribution is -0.138. The summed E-state index contributed by atoms with van der Waals surface area (Å²) in [5, 5.41) is -0.565. The molecule has 4 heteroatoms. The maximum Gasteiger partial charge on any atom is 0.327 e. The van der Waals surface area contributed by atoms with Crippen LogP contribution < -0.4 is 4.74 Å². The molecule has 0 aromatic heterocycles. The van der Waals surface area contributed by atoms with Crippen molar-refractivity contribution in [1.29, 1.82) is 0 Å². The number of fused-ring (bicyclic) bond motifs is 1. The maximum absolute atomic E-state index is 12.6. The van der Waals surface area contributed by atoms with Gasteiger partial charge in [-0.2, -0.15) is 0 Å². The number of carbonyl (C=O) groups is 2. The van der Waals surface area contributed by atoms with Gasteiger partial charge in [-0.1, -0.05) is 48.0 Å². The summed E-state index contributed by atoms with van der Waals surface area (Å²) in [5.41, 5.74) is 1.26. The fourth-order valence-corrected chi connectivity index (χ4v) is 3.04. The van der Waals surface area contributed by atoms with Crippen molar-refractivity contribution in [2.24, 2.45) is 0 Å². The lowest BCUT2D eigenvalue weighted by atomic mass is 9.73. The molecule has 1 aliphatic heterocycles. The minimum Gasteiger partial charge on any atom is -0.425 e. The van der Waals surface area contributed by atoms with Gasteiger partial charge in [0.05, 0.1) is 0 Å². The van der Waals surface area contributed by atoms with Crippen LogP contribution in [0.1, 0.15) is 23.1 Å². The van der Waals surface area contributed by atoms with E-state index in [-0.39, 0.29) is 6.42 Å². The van der Waals surface area contributed by atoms with Crippen molar-refractivity contribution in [1.82, 2.24) is 0 Å². The summed E-state index contributed by atoms with van der Waals surface area (Å²) < 4.78 is 5.38. The molecular weight excluding hydrogens is 288 g/mol. The van der Waals surface area contributed by atoms with E-state index in [0.29, 0.717) is 16.9 Å². The normalized spacial score (nSPS) is 20.0. The van der Waals surface area contributed by atoms with Crippen LogP contribution in [0.2, 0.25) is 0 Å². The van der Waals surface area contributed by atoms with Crippen molar-refractivity contribution in [3.8, 4) is 5.75 Å². The van der Waals surface area contributed by atoms with Crippen LogP contribution in [0.15, 0.2) is 48.5 Å². The summed E-state index contributed by atoms with van der Waals surface area (Å²) in [7, 11) is 0. The van der Waals surface area contributed by atoms with Gasteiger partial charge in [-0.15, -0.1) is 0 Å². The van der Waals surface area contributed by atoms with Crippen molar-refractivity contribution < 1.29 is 14.3 Å². The van der Waals surface area contributed by atoms with Crippen LogP contribution in [0.3, 0.4) is 0 Å². The number of hydrogen-bond donors (Lipinski definition) is 0. The van der Waals surface area contributed by atoms with Crippen LogP contribution >= 0.6 is 11.6 Å². The molecule has 2 aromatic rings. The molecule has 2 aromatic carbocycles. The zero-order valence-electron chi connectivity index (χ0n) is 11.4. The van der Waals surface area contributed by atoms with Crippen molar-refractivity contribution in [2.45, 2.75) is 18.8 Å². The van der Waals surface area contributed by atoms with Crippen molar-refractivity contribution in [2.75, 3.05) is 0 Å². The Bertz CT molecular complexity index is 724. The molecule has 1 heterocycles. The Morgan fingerprint density at radius 3 is 2.57 bits per heavy atom. The first kappa shape index (κ1) is 13.8. The van der Waals surface area contributed by atoms with Gasteiger partial charge in [0.1, 0.15) is 11.2 Å². The number of ether oxygens (including phenoxy) is 1. The van der Waals surface area contributed by atoms with Crippen molar-refractivity contribution >= 4 is 22.8 Å². The highest BCUT2D eigenvalue weighted by molar-refractivity contribution is 6.63. The van der Waals surface area contributed by atoms with Crippen molar-refractivity contribution in [3.05, 3.63) is 65.2 Å². The fourth-order valence-electron chi connectivity index (χ4n) is 2.84. The van der Waals surface area contributed by atoms with Gasteiger partial charge in [0.2, 0.25) is 5.24 Å². The molecule has 1 aliphatic rings. The molecule has 0 radical (unpaired) electrons.